The minimum Gasteiger partial charge on any atom is -0.497 e. The van der Waals surface area contributed by atoms with E-state index in [0.29, 0.717) is 23.8 Å². The summed E-state index contributed by atoms with van der Waals surface area (Å²) in [5.41, 5.74) is 3.24. The average molecular weight is 488 g/mol. The molecule has 4 aromatic rings. The molecule has 36 heavy (non-hydrogen) atoms. The van der Waals surface area contributed by atoms with Crippen molar-refractivity contribution in [2.24, 2.45) is 0 Å². The van der Waals surface area contributed by atoms with E-state index >= 15 is 0 Å². The normalized spacial score (nSPS) is 16.2. The van der Waals surface area contributed by atoms with Crippen LogP contribution in [0.3, 0.4) is 0 Å². The fourth-order valence-electron chi connectivity index (χ4n) is 4.75. The smallest absolute Gasteiger partial charge is 0.303 e. The van der Waals surface area contributed by atoms with Gasteiger partial charge in [0.25, 0.3) is 0 Å². The molecular weight excluding hydrogens is 458 g/mol. The van der Waals surface area contributed by atoms with E-state index in [1.165, 1.54) is 6.33 Å². The molecule has 8 nitrogen and oxygen atoms in total. The van der Waals surface area contributed by atoms with Gasteiger partial charge in [-0.3, -0.25) is 9.69 Å². The number of hydrogen-bond acceptors (Lipinski definition) is 7. The van der Waals surface area contributed by atoms with Crippen molar-refractivity contribution in [2.45, 2.75) is 31.8 Å². The summed E-state index contributed by atoms with van der Waals surface area (Å²) in [7, 11) is 1.65. The van der Waals surface area contributed by atoms with Gasteiger partial charge in [-0.05, 0) is 50.0 Å². The van der Waals surface area contributed by atoms with Crippen molar-refractivity contribution in [3.63, 3.8) is 0 Å². The van der Waals surface area contributed by atoms with Crippen LogP contribution in [0.25, 0.3) is 33.6 Å². The van der Waals surface area contributed by atoms with E-state index < -0.39 is 5.97 Å². The Bertz CT molecular complexity index is 1320. The lowest BCUT2D eigenvalue weighted by molar-refractivity contribution is -0.137. The number of fused-ring (bicyclic) bond motifs is 1. The van der Waals surface area contributed by atoms with Gasteiger partial charge in [-0.15, -0.1) is 0 Å². The maximum atomic E-state index is 10.9. The maximum Gasteiger partial charge on any atom is 0.303 e. The molecular formula is C28H29N3O5. The lowest BCUT2D eigenvalue weighted by atomic mass is 9.99. The van der Waals surface area contributed by atoms with Crippen molar-refractivity contribution in [3.8, 4) is 34.1 Å². The Morgan fingerprint density at radius 3 is 2.67 bits per heavy atom. The van der Waals surface area contributed by atoms with Crippen molar-refractivity contribution in [1.29, 1.82) is 0 Å². The molecule has 1 atom stereocenters. The second-order valence-electron chi connectivity index (χ2n) is 8.94. The Morgan fingerprint density at radius 1 is 1.11 bits per heavy atom. The number of aliphatic carboxylic acids is 1. The molecule has 186 valence electrons. The van der Waals surface area contributed by atoms with Crippen LogP contribution in [0.4, 0.5) is 0 Å². The third kappa shape index (κ3) is 5.18. The maximum absolute atomic E-state index is 10.9. The van der Waals surface area contributed by atoms with Gasteiger partial charge in [0.15, 0.2) is 0 Å². The highest BCUT2D eigenvalue weighted by Gasteiger charge is 2.26. The summed E-state index contributed by atoms with van der Waals surface area (Å²) in [4.78, 5) is 22.1. The highest BCUT2D eigenvalue weighted by molar-refractivity contribution is 6.03. The molecule has 1 N–H and O–H groups in total. The molecule has 3 heterocycles. The standard InChI is InChI=1S/C28H29N3O5/c1-34-21-13-11-19(12-14-21)24-25-27(35-22-9-5-15-31(17-22)16-6-10-23(32)33)29-18-30-28(25)36-26(24)20-7-3-2-4-8-20/h2-4,7-8,11-14,18,22H,5-6,9-10,15-17H2,1H3,(H,32,33). The molecule has 1 unspecified atom stereocenters. The van der Waals surface area contributed by atoms with Gasteiger partial charge >= 0.3 is 5.97 Å². The molecule has 0 aliphatic carbocycles. The number of rotatable bonds is 9. The SMILES string of the molecule is COc1ccc(-c2c(-c3ccccc3)oc3ncnc(OC4CCCN(CCCC(=O)O)C4)c23)cc1. The predicted octanol–water partition coefficient (Wildman–Crippen LogP) is 5.27. The van der Waals surface area contributed by atoms with Crippen LogP contribution in [0.5, 0.6) is 11.6 Å². The monoisotopic (exact) mass is 487 g/mol. The zero-order valence-electron chi connectivity index (χ0n) is 20.2. The lowest BCUT2D eigenvalue weighted by Gasteiger charge is -2.32. The van der Waals surface area contributed by atoms with E-state index in [1.807, 2.05) is 54.6 Å². The summed E-state index contributed by atoms with van der Waals surface area (Å²) >= 11 is 0. The van der Waals surface area contributed by atoms with Gasteiger partial charge in [0.1, 0.15) is 29.3 Å². The number of nitrogens with zero attached hydrogens (tertiary/aromatic N) is 3. The Hall–Kier alpha value is -3.91. The molecule has 5 rings (SSSR count). The number of carboxylic acids is 1. The van der Waals surface area contributed by atoms with Crippen LogP contribution < -0.4 is 9.47 Å². The molecule has 0 bridgehead atoms. The third-order valence-corrected chi connectivity index (χ3v) is 6.47. The number of carbonyl (C=O) groups is 1. The Kier molecular flexibility index (Phi) is 7.13. The molecule has 8 heteroatoms. The number of furan rings is 1. The molecule has 0 spiro atoms. The van der Waals surface area contributed by atoms with E-state index in [1.54, 1.807) is 7.11 Å². The van der Waals surface area contributed by atoms with E-state index in [-0.39, 0.29) is 12.5 Å². The van der Waals surface area contributed by atoms with Gasteiger partial charge in [-0.1, -0.05) is 42.5 Å². The first-order valence-corrected chi connectivity index (χ1v) is 12.2. The number of hydrogen-bond donors (Lipinski definition) is 1. The summed E-state index contributed by atoms with van der Waals surface area (Å²) < 4.78 is 18.1. The van der Waals surface area contributed by atoms with Crippen LogP contribution in [0.15, 0.2) is 65.3 Å². The Morgan fingerprint density at radius 2 is 1.92 bits per heavy atom. The molecule has 0 radical (unpaired) electrons. The number of aromatic nitrogens is 2. The topological polar surface area (TPSA) is 97.9 Å². The fourth-order valence-corrected chi connectivity index (χ4v) is 4.75. The second kappa shape index (κ2) is 10.8. The van der Waals surface area contributed by atoms with Crippen molar-refractivity contribution in [1.82, 2.24) is 14.9 Å². The molecule has 1 fully saturated rings. The minimum atomic E-state index is -0.761. The van der Waals surface area contributed by atoms with Gasteiger partial charge in [0.05, 0.1) is 7.11 Å². The van der Waals surface area contributed by atoms with Crippen LogP contribution in [-0.2, 0) is 4.79 Å². The summed E-state index contributed by atoms with van der Waals surface area (Å²) in [5, 5.41) is 9.69. The first-order chi connectivity index (χ1) is 17.6. The predicted molar refractivity (Wildman–Crippen MR) is 136 cm³/mol. The summed E-state index contributed by atoms with van der Waals surface area (Å²) in [6.45, 7) is 2.41. The third-order valence-electron chi connectivity index (χ3n) is 6.47. The minimum absolute atomic E-state index is 0.0551. The molecule has 2 aromatic heterocycles. The van der Waals surface area contributed by atoms with Crippen molar-refractivity contribution in [3.05, 3.63) is 60.9 Å². The second-order valence-corrected chi connectivity index (χ2v) is 8.94. The highest BCUT2D eigenvalue weighted by Crippen LogP contribution is 2.43. The van der Waals surface area contributed by atoms with Crippen molar-refractivity contribution >= 4 is 17.1 Å². The quantitative estimate of drug-likeness (QED) is 0.341. The van der Waals surface area contributed by atoms with Crippen molar-refractivity contribution < 1.29 is 23.8 Å². The number of ether oxygens (including phenoxy) is 2. The number of piperidine rings is 1. The van der Waals surface area contributed by atoms with Crippen LogP contribution >= 0.6 is 0 Å². The molecule has 1 saturated heterocycles. The first-order valence-electron chi connectivity index (χ1n) is 12.2. The number of likely N-dealkylation sites (tertiary alicyclic amines) is 1. The number of carboxylic acid groups (broad SMARTS) is 1. The molecule has 0 amide bonds. The van der Waals surface area contributed by atoms with Crippen LogP contribution in [-0.4, -0.2) is 58.8 Å². The first kappa shape index (κ1) is 23.8. The van der Waals surface area contributed by atoms with E-state index in [0.717, 1.165) is 60.3 Å². The highest BCUT2D eigenvalue weighted by atomic mass is 16.5. The van der Waals surface area contributed by atoms with Gasteiger partial charge in [-0.25, -0.2) is 9.97 Å². The average Bonchev–Trinajstić information content (AvgIpc) is 3.30. The number of methoxy groups -OCH3 is 1. The van der Waals surface area contributed by atoms with Gasteiger partial charge in [-0.2, -0.15) is 0 Å². The van der Waals surface area contributed by atoms with Crippen molar-refractivity contribution in [2.75, 3.05) is 26.7 Å². The summed E-state index contributed by atoms with van der Waals surface area (Å²) in [6, 6.07) is 17.8. The van der Waals surface area contributed by atoms with Crippen LogP contribution in [0, 0.1) is 0 Å². The molecule has 1 aliphatic rings. The zero-order chi connectivity index (χ0) is 24.9. The zero-order valence-corrected chi connectivity index (χ0v) is 20.2. The van der Waals surface area contributed by atoms with E-state index in [2.05, 4.69) is 14.9 Å². The van der Waals surface area contributed by atoms with Gasteiger partial charge in [0, 0.05) is 24.1 Å². The summed E-state index contributed by atoms with van der Waals surface area (Å²) in [5.74, 6) is 1.21. The van der Waals surface area contributed by atoms with Crippen LogP contribution in [0.1, 0.15) is 25.7 Å². The van der Waals surface area contributed by atoms with Gasteiger partial charge in [0.2, 0.25) is 11.6 Å². The Labute approximate surface area is 209 Å². The van der Waals surface area contributed by atoms with Gasteiger partial charge < -0.3 is 19.0 Å². The largest absolute Gasteiger partial charge is 0.497 e. The van der Waals surface area contributed by atoms with E-state index in [4.69, 9.17) is 19.0 Å². The molecule has 2 aromatic carbocycles. The Balaban J connectivity index is 1.50. The van der Waals surface area contributed by atoms with E-state index in [9.17, 15) is 4.79 Å². The molecule has 1 aliphatic heterocycles. The summed E-state index contributed by atoms with van der Waals surface area (Å²) in [6.07, 6.45) is 4.11. The molecule has 0 saturated carbocycles. The number of benzene rings is 2. The van der Waals surface area contributed by atoms with Crippen LogP contribution in [0.2, 0.25) is 0 Å². The lowest BCUT2D eigenvalue weighted by Crippen LogP contribution is -2.41. The fraction of sp³-hybridized carbons (Fsp3) is 0.321.